The number of epoxide rings is 2. The number of unbranched alkanes of at least 4 members (excludes halogenated alkanes) is 14. The summed E-state index contributed by atoms with van der Waals surface area (Å²) in [5, 5.41) is 0. The minimum Gasteiger partial charge on any atom is -0.462 e. The highest BCUT2D eigenvalue weighted by molar-refractivity contribution is 5.71. The quantitative estimate of drug-likeness (QED) is 0.0688. The number of hydrogen-bond acceptors (Lipinski definition) is 6. The standard InChI is InChI=1S/C31H56O6/c1-4-6-8-10-12-14-16-18-20-26-28(36-26)22-30(32)34-24-25(3)35-31(33)23-29-27(37-29)21-19-17-15-13-11-9-7-5-2/h25-29H,4-24H2,1-3H3. The first-order chi connectivity index (χ1) is 18.0. The Morgan fingerprint density at radius 3 is 1.46 bits per heavy atom. The molecule has 0 spiro atoms. The first kappa shape index (κ1) is 32.1. The van der Waals surface area contributed by atoms with E-state index in [0.29, 0.717) is 6.42 Å². The van der Waals surface area contributed by atoms with Gasteiger partial charge < -0.3 is 18.9 Å². The molecule has 0 aliphatic carbocycles. The van der Waals surface area contributed by atoms with Crippen LogP contribution >= 0.6 is 0 Å². The Hall–Kier alpha value is -1.14. The molecule has 2 rings (SSSR count). The van der Waals surface area contributed by atoms with E-state index in [1.807, 2.05) is 0 Å². The summed E-state index contributed by atoms with van der Waals surface area (Å²) in [6.07, 6.45) is 23.4. The minimum atomic E-state index is -0.449. The first-order valence-electron chi connectivity index (χ1n) is 15.7. The summed E-state index contributed by atoms with van der Waals surface area (Å²) in [4.78, 5) is 24.3. The number of rotatable bonds is 25. The van der Waals surface area contributed by atoms with Gasteiger partial charge in [0.2, 0.25) is 0 Å². The van der Waals surface area contributed by atoms with Crippen LogP contribution < -0.4 is 0 Å². The second kappa shape index (κ2) is 19.9. The zero-order chi connectivity index (χ0) is 26.7. The third-order valence-electron chi connectivity index (χ3n) is 7.61. The molecule has 0 amide bonds. The average Bonchev–Trinajstić information content (AvgIpc) is 3.79. The molecule has 2 fully saturated rings. The Balaban J connectivity index is 1.38. The molecule has 0 radical (unpaired) electrons. The Labute approximate surface area is 226 Å². The van der Waals surface area contributed by atoms with E-state index in [2.05, 4.69) is 13.8 Å². The van der Waals surface area contributed by atoms with Gasteiger partial charge in [0.15, 0.2) is 0 Å². The van der Waals surface area contributed by atoms with E-state index in [1.54, 1.807) is 6.92 Å². The van der Waals surface area contributed by atoms with Gasteiger partial charge in [-0.3, -0.25) is 9.59 Å². The van der Waals surface area contributed by atoms with Gasteiger partial charge in [0.05, 0.1) is 37.3 Å². The summed E-state index contributed by atoms with van der Waals surface area (Å²) in [5.74, 6) is -0.551. The fourth-order valence-corrected chi connectivity index (χ4v) is 5.09. The zero-order valence-corrected chi connectivity index (χ0v) is 24.2. The first-order valence-corrected chi connectivity index (χ1v) is 15.7. The number of carbonyl (C=O) groups is 2. The third kappa shape index (κ3) is 16.4. The predicted molar refractivity (Wildman–Crippen MR) is 148 cm³/mol. The van der Waals surface area contributed by atoms with Gasteiger partial charge in [-0.25, -0.2) is 0 Å². The van der Waals surface area contributed by atoms with Gasteiger partial charge in [-0.1, -0.05) is 117 Å². The lowest BCUT2D eigenvalue weighted by molar-refractivity contribution is -0.158. The SMILES string of the molecule is CCCCCCCCCCC1OC1CC(=O)OCC(C)OC(=O)CC1OC1CCCCCCCCCC. The summed E-state index contributed by atoms with van der Waals surface area (Å²) in [6, 6.07) is 0. The molecule has 0 aromatic heterocycles. The van der Waals surface area contributed by atoms with E-state index < -0.39 is 6.10 Å². The molecule has 2 aliphatic rings. The monoisotopic (exact) mass is 524 g/mol. The fraction of sp³-hybridized carbons (Fsp3) is 0.935. The molecule has 2 aliphatic heterocycles. The van der Waals surface area contributed by atoms with Gasteiger partial charge in [0.1, 0.15) is 12.7 Å². The van der Waals surface area contributed by atoms with Crippen LogP contribution in [0.2, 0.25) is 0 Å². The van der Waals surface area contributed by atoms with E-state index in [9.17, 15) is 9.59 Å². The van der Waals surface area contributed by atoms with Gasteiger partial charge in [-0.2, -0.15) is 0 Å². The highest BCUT2D eigenvalue weighted by Crippen LogP contribution is 2.31. The van der Waals surface area contributed by atoms with Crippen LogP contribution in [0, 0.1) is 0 Å². The van der Waals surface area contributed by atoms with Crippen molar-refractivity contribution in [2.24, 2.45) is 0 Å². The lowest BCUT2D eigenvalue weighted by atomic mass is 10.1. The highest BCUT2D eigenvalue weighted by atomic mass is 16.6. The van der Waals surface area contributed by atoms with Crippen molar-refractivity contribution in [2.75, 3.05) is 6.61 Å². The lowest BCUT2D eigenvalue weighted by Crippen LogP contribution is -2.23. The Morgan fingerprint density at radius 1 is 0.595 bits per heavy atom. The molecule has 0 saturated carbocycles. The van der Waals surface area contributed by atoms with Crippen LogP contribution in [0.1, 0.15) is 149 Å². The molecule has 5 atom stereocenters. The van der Waals surface area contributed by atoms with Crippen molar-refractivity contribution in [1.29, 1.82) is 0 Å². The molecular weight excluding hydrogens is 468 g/mol. The molecule has 0 aromatic carbocycles. The number of hydrogen-bond donors (Lipinski definition) is 0. The Bertz CT molecular complexity index is 609. The van der Waals surface area contributed by atoms with Crippen molar-refractivity contribution in [2.45, 2.75) is 180 Å². The number of carbonyl (C=O) groups excluding carboxylic acids is 2. The van der Waals surface area contributed by atoms with Crippen LogP contribution in [-0.2, 0) is 28.5 Å². The summed E-state index contributed by atoms with van der Waals surface area (Å²) in [5.41, 5.74) is 0. The maximum Gasteiger partial charge on any atom is 0.308 e. The van der Waals surface area contributed by atoms with Crippen molar-refractivity contribution in [3.05, 3.63) is 0 Å². The van der Waals surface area contributed by atoms with E-state index in [4.69, 9.17) is 18.9 Å². The molecule has 216 valence electrons. The van der Waals surface area contributed by atoms with Crippen molar-refractivity contribution in [1.82, 2.24) is 0 Å². The summed E-state index contributed by atoms with van der Waals surface area (Å²) in [6.45, 7) is 6.34. The molecule has 0 N–H and O–H groups in total. The minimum absolute atomic E-state index is 0.0000765. The van der Waals surface area contributed by atoms with Crippen LogP contribution in [0.15, 0.2) is 0 Å². The van der Waals surface area contributed by atoms with Gasteiger partial charge in [-0.05, 0) is 19.8 Å². The second-order valence-electron chi connectivity index (χ2n) is 11.3. The van der Waals surface area contributed by atoms with Gasteiger partial charge in [0.25, 0.3) is 0 Å². The van der Waals surface area contributed by atoms with Crippen LogP contribution in [0.25, 0.3) is 0 Å². The van der Waals surface area contributed by atoms with Crippen LogP contribution in [0.3, 0.4) is 0 Å². The third-order valence-corrected chi connectivity index (χ3v) is 7.61. The molecular formula is C31H56O6. The normalized spacial score (nSPS) is 23.0. The van der Waals surface area contributed by atoms with Crippen LogP contribution in [0.4, 0.5) is 0 Å². The molecule has 37 heavy (non-hydrogen) atoms. The molecule has 6 heteroatoms. The van der Waals surface area contributed by atoms with E-state index >= 15 is 0 Å². The van der Waals surface area contributed by atoms with E-state index in [0.717, 1.165) is 12.8 Å². The predicted octanol–water partition coefficient (Wildman–Crippen LogP) is 7.84. The van der Waals surface area contributed by atoms with Crippen molar-refractivity contribution < 1.29 is 28.5 Å². The second-order valence-corrected chi connectivity index (χ2v) is 11.3. The van der Waals surface area contributed by atoms with Gasteiger partial charge in [-0.15, -0.1) is 0 Å². The van der Waals surface area contributed by atoms with Crippen molar-refractivity contribution in [3.8, 4) is 0 Å². The highest BCUT2D eigenvalue weighted by Gasteiger charge is 2.41. The number of esters is 2. The fourth-order valence-electron chi connectivity index (χ4n) is 5.09. The van der Waals surface area contributed by atoms with E-state index in [-0.39, 0.29) is 49.4 Å². The molecule has 6 nitrogen and oxygen atoms in total. The zero-order valence-electron chi connectivity index (χ0n) is 24.2. The van der Waals surface area contributed by atoms with Gasteiger partial charge in [0, 0.05) is 0 Å². The Kier molecular flexibility index (Phi) is 17.2. The largest absolute Gasteiger partial charge is 0.462 e. The lowest BCUT2D eigenvalue weighted by Gasteiger charge is -2.13. The Morgan fingerprint density at radius 2 is 1.00 bits per heavy atom. The summed E-state index contributed by atoms with van der Waals surface area (Å²) < 4.78 is 22.0. The smallest absolute Gasteiger partial charge is 0.308 e. The van der Waals surface area contributed by atoms with Crippen LogP contribution in [0.5, 0.6) is 0 Å². The molecule has 0 aromatic rings. The van der Waals surface area contributed by atoms with Crippen LogP contribution in [-0.4, -0.2) is 49.1 Å². The molecule has 0 bridgehead atoms. The van der Waals surface area contributed by atoms with Crippen molar-refractivity contribution >= 4 is 11.9 Å². The average molecular weight is 525 g/mol. The molecule has 5 unspecified atom stereocenters. The summed E-state index contributed by atoms with van der Waals surface area (Å²) >= 11 is 0. The molecule has 2 saturated heterocycles. The van der Waals surface area contributed by atoms with Gasteiger partial charge >= 0.3 is 11.9 Å². The summed E-state index contributed by atoms with van der Waals surface area (Å²) in [7, 11) is 0. The molecule has 2 heterocycles. The maximum absolute atomic E-state index is 12.2. The maximum atomic E-state index is 12.2. The van der Waals surface area contributed by atoms with E-state index in [1.165, 1.54) is 103 Å². The van der Waals surface area contributed by atoms with Crippen molar-refractivity contribution in [3.63, 3.8) is 0 Å². The topological polar surface area (TPSA) is 77.7 Å². The number of ether oxygens (including phenoxy) is 4.